The summed E-state index contributed by atoms with van der Waals surface area (Å²) in [5.74, 6) is 0.876. The molecule has 9 heteroatoms. The average Bonchev–Trinajstić information content (AvgIpc) is 2.71. The number of carbonyl (C=O) groups is 2. The Hall–Kier alpha value is -3.62. The maximum Gasteiger partial charge on any atom is 0.323 e. The van der Waals surface area contributed by atoms with Gasteiger partial charge in [-0.05, 0) is 63.8 Å². The first-order valence-corrected chi connectivity index (χ1v) is 9.90. The largest absolute Gasteiger partial charge is 0.470 e. The van der Waals surface area contributed by atoms with Crippen LogP contribution in [-0.2, 0) is 4.79 Å². The first-order chi connectivity index (χ1) is 14.4. The van der Waals surface area contributed by atoms with E-state index in [0.29, 0.717) is 23.1 Å². The fourth-order valence-corrected chi connectivity index (χ4v) is 3.24. The summed E-state index contributed by atoms with van der Waals surface area (Å²) in [7, 11) is 0. The highest BCUT2D eigenvalue weighted by molar-refractivity contribution is 6.00. The van der Waals surface area contributed by atoms with Crippen molar-refractivity contribution < 1.29 is 14.3 Å². The van der Waals surface area contributed by atoms with Gasteiger partial charge in [-0.3, -0.25) is 4.79 Å². The van der Waals surface area contributed by atoms with Crippen molar-refractivity contribution in [2.24, 2.45) is 0 Å². The van der Waals surface area contributed by atoms with E-state index in [-0.39, 0.29) is 11.9 Å². The fourth-order valence-electron chi connectivity index (χ4n) is 3.24. The summed E-state index contributed by atoms with van der Waals surface area (Å²) in [6.45, 7) is 3.36. The first-order valence-electron chi connectivity index (χ1n) is 9.90. The molecule has 2 heterocycles. The molecule has 0 unspecified atom stereocenters. The summed E-state index contributed by atoms with van der Waals surface area (Å²) in [4.78, 5) is 32.5. The molecule has 1 aliphatic carbocycles. The van der Waals surface area contributed by atoms with Crippen molar-refractivity contribution in [2.45, 2.75) is 45.1 Å². The van der Waals surface area contributed by atoms with E-state index in [0.717, 1.165) is 30.6 Å². The van der Waals surface area contributed by atoms with Gasteiger partial charge in [0.15, 0.2) is 17.2 Å². The number of nitrogens with zero attached hydrogens (tertiary/aromatic N) is 2. The number of carbonyl (C=O) groups excluding carboxylic acids is 2. The van der Waals surface area contributed by atoms with Gasteiger partial charge in [-0.2, -0.15) is 0 Å². The monoisotopic (exact) mass is 408 g/mol. The van der Waals surface area contributed by atoms with Crippen LogP contribution in [0.15, 0.2) is 42.4 Å². The molecule has 3 amide bonds. The van der Waals surface area contributed by atoms with E-state index in [4.69, 9.17) is 4.74 Å². The molecule has 4 rings (SSSR count). The van der Waals surface area contributed by atoms with Crippen LogP contribution >= 0.6 is 0 Å². The molecule has 0 atom stereocenters. The summed E-state index contributed by atoms with van der Waals surface area (Å²) in [6.07, 6.45) is 7.61. The van der Waals surface area contributed by atoms with Crippen LogP contribution in [0.5, 0.6) is 5.75 Å². The topological polar surface area (TPSA) is 117 Å². The summed E-state index contributed by atoms with van der Waals surface area (Å²) < 4.78 is 5.81. The number of fused-ring (bicyclic) bond motifs is 1. The smallest absolute Gasteiger partial charge is 0.323 e. The molecule has 0 spiro atoms. The third-order valence-corrected chi connectivity index (χ3v) is 4.91. The molecule has 9 nitrogen and oxygen atoms in total. The van der Waals surface area contributed by atoms with E-state index >= 15 is 0 Å². The quantitative estimate of drug-likeness (QED) is 0.609. The number of amides is 3. The highest BCUT2D eigenvalue weighted by atomic mass is 16.5. The maximum atomic E-state index is 12.2. The predicted molar refractivity (Wildman–Crippen MR) is 114 cm³/mol. The molecule has 1 aromatic heterocycles. The Kier molecular flexibility index (Phi) is 5.26. The second kappa shape index (κ2) is 8.02. The van der Waals surface area contributed by atoms with Crippen molar-refractivity contribution in [3.05, 3.63) is 42.4 Å². The Bertz CT molecular complexity index is 1000. The van der Waals surface area contributed by atoms with E-state index < -0.39 is 5.60 Å². The number of hydrogen-bond acceptors (Lipinski definition) is 6. The third kappa shape index (κ3) is 4.35. The van der Waals surface area contributed by atoms with Crippen LogP contribution in [0, 0.1) is 0 Å². The van der Waals surface area contributed by atoms with Gasteiger partial charge in [0.25, 0.3) is 5.91 Å². The standard InChI is InChI=1S/C21H24N6O3/c1-21(2)19(28)27-18-16(30-21)17(22-12-23-18)24-14-8-10-15(11-9-14)26-20(29)25-13-6-4-3-5-7-13/h6,8-12H,3-5,7H2,1-2H3,(H2,25,26,29)(H2,22,23,24,27,28). The number of nitrogens with one attached hydrogen (secondary N) is 4. The zero-order chi connectivity index (χ0) is 21.1. The normalized spacial score (nSPS) is 17.0. The molecule has 4 N–H and O–H groups in total. The van der Waals surface area contributed by atoms with Gasteiger partial charge >= 0.3 is 6.03 Å². The number of allylic oxidation sites excluding steroid dienone is 2. The maximum absolute atomic E-state index is 12.2. The number of aromatic nitrogens is 2. The third-order valence-electron chi connectivity index (χ3n) is 4.91. The lowest BCUT2D eigenvalue weighted by molar-refractivity contribution is -0.129. The van der Waals surface area contributed by atoms with Crippen LogP contribution in [0.1, 0.15) is 39.5 Å². The van der Waals surface area contributed by atoms with Crippen LogP contribution in [0.25, 0.3) is 0 Å². The van der Waals surface area contributed by atoms with Crippen LogP contribution in [0.3, 0.4) is 0 Å². The molecule has 1 aromatic carbocycles. The SMILES string of the molecule is CC1(C)Oc2c(ncnc2Nc2ccc(NC(=O)NC3=CCCCC3)cc2)NC1=O. The highest BCUT2D eigenvalue weighted by Crippen LogP contribution is 2.38. The van der Waals surface area contributed by atoms with E-state index in [2.05, 4.69) is 37.3 Å². The van der Waals surface area contributed by atoms with E-state index in [1.165, 1.54) is 12.7 Å². The molecular weight excluding hydrogens is 384 g/mol. The molecule has 0 saturated carbocycles. The second-order valence-corrected chi connectivity index (χ2v) is 7.72. The number of ether oxygens (including phenoxy) is 1. The minimum atomic E-state index is -1.02. The summed E-state index contributed by atoms with van der Waals surface area (Å²) in [6, 6.07) is 6.96. The van der Waals surface area contributed by atoms with Crippen molar-refractivity contribution in [3.8, 4) is 5.75 Å². The number of benzene rings is 1. The van der Waals surface area contributed by atoms with Gasteiger partial charge in [0.05, 0.1) is 0 Å². The molecule has 2 aromatic rings. The first kappa shape index (κ1) is 19.7. The minimum absolute atomic E-state index is 0.250. The van der Waals surface area contributed by atoms with Crippen LogP contribution in [0.2, 0.25) is 0 Å². The van der Waals surface area contributed by atoms with Crippen molar-refractivity contribution in [1.29, 1.82) is 0 Å². The Morgan fingerprint density at radius 1 is 1.10 bits per heavy atom. The molecule has 156 valence electrons. The van der Waals surface area contributed by atoms with Crippen LogP contribution in [0.4, 0.5) is 27.8 Å². The fraction of sp³-hybridized carbons (Fsp3) is 0.333. The second-order valence-electron chi connectivity index (χ2n) is 7.72. The highest BCUT2D eigenvalue weighted by Gasteiger charge is 2.37. The number of hydrogen-bond donors (Lipinski definition) is 4. The van der Waals surface area contributed by atoms with Gasteiger partial charge in [0.1, 0.15) is 6.33 Å². The zero-order valence-corrected chi connectivity index (χ0v) is 16.9. The van der Waals surface area contributed by atoms with Crippen molar-refractivity contribution in [2.75, 3.05) is 16.0 Å². The van der Waals surface area contributed by atoms with Gasteiger partial charge in [0, 0.05) is 17.1 Å². The lowest BCUT2D eigenvalue weighted by atomic mass is 10.1. The van der Waals surface area contributed by atoms with Gasteiger partial charge in [0.2, 0.25) is 5.75 Å². The minimum Gasteiger partial charge on any atom is -0.470 e. The van der Waals surface area contributed by atoms with Crippen LogP contribution in [-0.4, -0.2) is 27.5 Å². The van der Waals surface area contributed by atoms with Gasteiger partial charge < -0.3 is 26.0 Å². The van der Waals surface area contributed by atoms with Crippen molar-refractivity contribution in [1.82, 2.24) is 15.3 Å². The number of urea groups is 1. The number of anilines is 4. The van der Waals surface area contributed by atoms with Gasteiger partial charge in [-0.1, -0.05) is 6.08 Å². The molecule has 0 bridgehead atoms. The van der Waals surface area contributed by atoms with Crippen LogP contribution < -0.4 is 26.0 Å². The predicted octanol–water partition coefficient (Wildman–Crippen LogP) is 3.91. The summed E-state index contributed by atoms with van der Waals surface area (Å²) in [5.41, 5.74) is 1.36. The van der Waals surface area contributed by atoms with Gasteiger partial charge in [-0.25, -0.2) is 14.8 Å². The van der Waals surface area contributed by atoms with E-state index in [1.54, 1.807) is 26.0 Å². The average molecular weight is 408 g/mol. The van der Waals surface area contributed by atoms with Crippen molar-refractivity contribution in [3.63, 3.8) is 0 Å². The molecular formula is C21H24N6O3. The summed E-state index contributed by atoms with van der Waals surface area (Å²) in [5, 5.41) is 11.6. The zero-order valence-electron chi connectivity index (χ0n) is 16.9. The Morgan fingerprint density at radius 2 is 1.87 bits per heavy atom. The molecule has 0 radical (unpaired) electrons. The molecule has 1 aliphatic heterocycles. The molecule has 0 saturated heterocycles. The lowest BCUT2D eigenvalue weighted by Crippen LogP contribution is -2.46. The molecule has 0 fully saturated rings. The molecule has 2 aliphatic rings. The van der Waals surface area contributed by atoms with E-state index in [9.17, 15) is 9.59 Å². The lowest BCUT2D eigenvalue weighted by Gasteiger charge is -2.31. The summed E-state index contributed by atoms with van der Waals surface area (Å²) >= 11 is 0. The number of rotatable bonds is 4. The Labute approximate surface area is 174 Å². The van der Waals surface area contributed by atoms with E-state index in [1.807, 2.05) is 12.1 Å². The van der Waals surface area contributed by atoms with Gasteiger partial charge in [-0.15, -0.1) is 0 Å². The Balaban J connectivity index is 1.42. The van der Waals surface area contributed by atoms with Crippen molar-refractivity contribution >= 4 is 34.9 Å². The Morgan fingerprint density at radius 3 is 2.60 bits per heavy atom. The molecule has 30 heavy (non-hydrogen) atoms.